The minimum atomic E-state index is -3.35. The smallest absolute Gasteiger partial charge is 0.240 e. The Hall–Kier alpha value is -0.910. The van der Waals surface area contributed by atoms with Crippen molar-refractivity contribution in [1.29, 1.82) is 0 Å². The topological polar surface area (TPSA) is 72.2 Å². The highest BCUT2D eigenvalue weighted by atomic mass is 32.2. The summed E-state index contributed by atoms with van der Waals surface area (Å²) in [5, 5.41) is 0. The molecule has 1 aliphatic rings. The number of nitrogens with one attached hydrogen (secondary N) is 1. The van der Waals surface area contributed by atoms with E-state index in [4.69, 9.17) is 5.73 Å². The van der Waals surface area contributed by atoms with Gasteiger partial charge in [0.25, 0.3) is 0 Å². The summed E-state index contributed by atoms with van der Waals surface area (Å²) in [4.78, 5) is 0.353. The number of hydrogen-bond acceptors (Lipinski definition) is 3. The molecule has 0 heterocycles. The fourth-order valence-electron chi connectivity index (χ4n) is 2.25. The molecule has 1 aliphatic carbocycles. The molecule has 1 fully saturated rings. The zero-order valence-corrected chi connectivity index (χ0v) is 12.1. The van der Waals surface area contributed by atoms with Gasteiger partial charge in [-0.05, 0) is 49.4 Å². The zero-order chi connectivity index (χ0) is 13.9. The third-order valence-electron chi connectivity index (χ3n) is 3.66. The average Bonchev–Trinajstić information content (AvgIpc) is 3.14. The third kappa shape index (κ3) is 3.78. The van der Waals surface area contributed by atoms with E-state index >= 15 is 0 Å². The maximum absolute atomic E-state index is 12.1. The Morgan fingerprint density at radius 3 is 2.53 bits per heavy atom. The SMILES string of the molecule is CCC1CC1NS(=O)(=O)c1ccc(CCCN)cc1. The summed E-state index contributed by atoms with van der Waals surface area (Å²) in [6, 6.07) is 7.23. The summed E-state index contributed by atoms with van der Waals surface area (Å²) in [7, 11) is -3.35. The summed E-state index contributed by atoms with van der Waals surface area (Å²) in [6.07, 6.45) is 3.81. The van der Waals surface area contributed by atoms with Gasteiger partial charge in [-0.25, -0.2) is 13.1 Å². The molecule has 1 aromatic carbocycles. The van der Waals surface area contributed by atoms with Crippen molar-refractivity contribution in [3.63, 3.8) is 0 Å². The molecular weight excluding hydrogens is 260 g/mol. The summed E-state index contributed by atoms with van der Waals surface area (Å²) in [5.74, 6) is 0.513. The van der Waals surface area contributed by atoms with Gasteiger partial charge in [0.1, 0.15) is 0 Å². The van der Waals surface area contributed by atoms with Gasteiger partial charge in [-0.15, -0.1) is 0 Å². The third-order valence-corrected chi connectivity index (χ3v) is 5.16. The zero-order valence-electron chi connectivity index (χ0n) is 11.3. The van der Waals surface area contributed by atoms with Gasteiger partial charge in [0, 0.05) is 6.04 Å². The molecule has 1 aromatic rings. The van der Waals surface area contributed by atoms with Crippen LogP contribution in [0.15, 0.2) is 29.2 Å². The quantitative estimate of drug-likeness (QED) is 0.799. The summed E-state index contributed by atoms with van der Waals surface area (Å²) in [6.45, 7) is 2.74. The van der Waals surface area contributed by atoms with Crippen LogP contribution < -0.4 is 10.5 Å². The van der Waals surface area contributed by atoms with Crippen molar-refractivity contribution in [2.45, 2.75) is 43.5 Å². The molecule has 106 valence electrons. The molecular formula is C14H22N2O2S. The first-order valence-electron chi connectivity index (χ1n) is 6.88. The standard InChI is InChI=1S/C14H22N2O2S/c1-2-12-10-14(12)16-19(17,18)13-7-5-11(6-8-13)4-3-9-15/h5-8,12,14,16H,2-4,9-10,15H2,1H3. The molecule has 0 aromatic heterocycles. The molecule has 0 spiro atoms. The first kappa shape index (κ1) is 14.5. The highest BCUT2D eigenvalue weighted by Crippen LogP contribution is 2.34. The summed E-state index contributed by atoms with van der Waals surface area (Å²) >= 11 is 0. The Morgan fingerprint density at radius 1 is 1.32 bits per heavy atom. The van der Waals surface area contributed by atoms with E-state index in [0.29, 0.717) is 17.4 Å². The van der Waals surface area contributed by atoms with Crippen LogP contribution in [-0.4, -0.2) is 21.0 Å². The second-order valence-electron chi connectivity index (χ2n) is 5.17. The van der Waals surface area contributed by atoms with Gasteiger partial charge in [-0.1, -0.05) is 25.5 Å². The predicted molar refractivity (Wildman–Crippen MR) is 76.3 cm³/mol. The van der Waals surface area contributed by atoms with Gasteiger partial charge >= 0.3 is 0 Å². The second-order valence-corrected chi connectivity index (χ2v) is 6.88. The van der Waals surface area contributed by atoms with Crippen molar-refractivity contribution >= 4 is 10.0 Å². The Morgan fingerprint density at radius 2 is 2.00 bits per heavy atom. The van der Waals surface area contributed by atoms with Gasteiger partial charge < -0.3 is 5.73 Å². The first-order chi connectivity index (χ1) is 9.06. The van der Waals surface area contributed by atoms with Crippen LogP contribution >= 0.6 is 0 Å². The molecule has 4 nitrogen and oxygen atoms in total. The molecule has 2 unspecified atom stereocenters. The van der Waals surface area contributed by atoms with Gasteiger partial charge in [0.05, 0.1) is 4.90 Å². The first-order valence-corrected chi connectivity index (χ1v) is 8.36. The van der Waals surface area contributed by atoms with Crippen LogP contribution in [0.4, 0.5) is 0 Å². The minimum absolute atomic E-state index is 0.131. The Bertz CT molecular complexity index is 511. The Labute approximate surface area is 115 Å². The van der Waals surface area contributed by atoms with Crippen LogP contribution in [0.3, 0.4) is 0 Å². The summed E-state index contributed by atoms with van der Waals surface area (Å²) < 4.78 is 27.0. The van der Waals surface area contributed by atoms with Crippen LogP contribution in [0, 0.1) is 5.92 Å². The van der Waals surface area contributed by atoms with E-state index in [-0.39, 0.29) is 6.04 Å². The van der Waals surface area contributed by atoms with Crippen molar-refractivity contribution in [2.24, 2.45) is 11.7 Å². The lowest BCUT2D eigenvalue weighted by Gasteiger charge is -2.07. The molecule has 19 heavy (non-hydrogen) atoms. The Balaban J connectivity index is 2.00. The highest BCUT2D eigenvalue weighted by molar-refractivity contribution is 7.89. The fraction of sp³-hybridized carbons (Fsp3) is 0.571. The number of nitrogens with two attached hydrogens (primary N) is 1. The van der Waals surface area contributed by atoms with E-state index in [1.54, 1.807) is 12.1 Å². The van der Waals surface area contributed by atoms with Crippen LogP contribution in [0.25, 0.3) is 0 Å². The monoisotopic (exact) mass is 282 g/mol. The van der Waals surface area contributed by atoms with Gasteiger partial charge in [-0.3, -0.25) is 0 Å². The van der Waals surface area contributed by atoms with Crippen molar-refractivity contribution in [1.82, 2.24) is 4.72 Å². The van der Waals surface area contributed by atoms with Gasteiger partial charge in [-0.2, -0.15) is 0 Å². The molecule has 0 amide bonds. The normalized spacial score (nSPS) is 22.4. The number of hydrogen-bond donors (Lipinski definition) is 2. The predicted octanol–water partition coefficient (Wildman–Crippen LogP) is 1.65. The number of sulfonamides is 1. The van der Waals surface area contributed by atoms with E-state index in [1.165, 1.54) is 0 Å². The Kier molecular flexibility index (Phi) is 4.60. The van der Waals surface area contributed by atoms with E-state index < -0.39 is 10.0 Å². The largest absolute Gasteiger partial charge is 0.330 e. The van der Waals surface area contributed by atoms with Crippen LogP contribution in [0.5, 0.6) is 0 Å². The fourth-order valence-corrected chi connectivity index (χ4v) is 3.57. The lowest BCUT2D eigenvalue weighted by atomic mass is 10.1. The molecule has 2 atom stereocenters. The lowest BCUT2D eigenvalue weighted by molar-refractivity contribution is 0.576. The maximum Gasteiger partial charge on any atom is 0.240 e. The van der Waals surface area contributed by atoms with Gasteiger partial charge in [0.15, 0.2) is 0 Å². The maximum atomic E-state index is 12.1. The molecule has 0 saturated heterocycles. The van der Waals surface area contributed by atoms with Crippen LogP contribution in [0.2, 0.25) is 0 Å². The molecule has 0 aliphatic heterocycles. The van der Waals surface area contributed by atoms with Crippen LogP contribution in [-0.2, 0) is 16.4 Å². The minimum Gasteiger partial charge on any atom is -0.330 e. The summed E-state index contributed by atoms with van der Waals surface area (Å²) in [5.41, 5.74) is 6.58. The molecule has 5 heteroatoms. The van der Waals surface area contributed by atoms with Crippen molar-refractivity contribution in [3.8, 4) is 0 Å². The second kappa shape index (κ2) is 6.03. The van der Waals surface area contributed by atoms with Gasteiger partial charge in [0.2, 0.25) is 10.0 Å². The highest BCUT2D eigenvalue weighted by Gasteiger charge is 2.38. The molecule has 0 radical (unpaired) electrons. The van der Waals surface area contributed by atoms with E-state index in [2.05, 4.69) is 11.6 Å². The number of benzene rings is 1. The average molecular weight is 282 g/mol. The molecule has 2 rings (SSSR count). The van der Waals surface area contributed by atoms with Crippen molar-refractivity contribution in [3.05, 3.63) is 29.8 Å². The van der Waals surface area contributed by atoms with E-state index in [1.807, 2.05) is 12.1 Å². The van der Waals surface area contributed by atoms with E-state index in [9.17, 15) is 8.42 Å². The van der Waals surface area contributed by atoms with Crippen LogP contribution in [0.1, 0.15) is 31.7 Å². The molecule has 1 saturated carbocycles. The number of aryl methyl sites for hydroxylation is 1. The lowest BCUT2D eigenvalue weighted by Crippen LogP contribution is -2.27. The van der Waals surface area contributed by atoms with Crippen molar-refractivity contribution < 1.29 is 8.42 Å². The molecule has 3 N–H and O–H groups in total. The van der Waals surface area contributed by atoms with Crippen molar-refractivity contribution in [2.75, 3.05) is 6.54 Å². The van der Waals surface area contributed by atoms with E-state index in [0.717, 1.165) is 31.2 Å². The molecule has 0 bridgehead atoms. The number of rotatable bonds is 7.